The second kappa shape index (κ2) is 6.75. The fraction of sp³-hybridized carbons (Fsp3) is 0.800. The molecule has 0 fully saturated rings. The Hall–Kier alpha value is -0.750. The summed E-state index contributed by atoms with van der Waals surface area (Å²) in [5, 5.41) is 10.4. The fourth-order valence-corrected chi connectivity index (χ4v) is 2.39. The van der Waals surface area contributed by atoms with E-state index in [1.807, 2.05) is 7.05 Å². The molecule has 1 unspecified atom stereocenters. The summed E-state index contributed by atoms with van der Waals surface area (Å²) in [7, 11) is 3.73. The Morgan fingerprint density at radius 1 is 1.62 bits per heavy atom. The zero-order chi connectivity index (χ0) is 12.0. The van der Waals surface area contributed by atoms with Crippen molar-refractivity contribution in [3.63, 3.8) is 0 Å². The summed E-state index contributed by atoms with van der Waals surface area (Å²) >= 11 is 1.62. The highest BCUT2D eigenvalue weighted by Crippen LogP contribution is 2.15. The Kier molecular flexibility index (Phi) is 5.62. The molecule has 0 saturated carbocycles. The Morgan fingerprint density at radius 3 is 2.88 bits per heavy atom. The lowest BCUT2D eigenvalue weighted by molar-refractivity contribution is 0.504. The Labute approximate surface area is 100 Å². The molecule has 0 aromatic carbocycles. The van der Waals surface area contributed by atoms with E-state index in [9.17, 15) is 4.79 Å². The maximum absolute atomic E-state index is 11.1. The molecular weight excluding hydrogens is 224 g/mol. The smallest absolute Gasteiger partial charge is 0.317 e. The lowest BCUT2D eigenvalue weighted by Gasteiger charge is -2.12. The molecule has 1 rings (SSSR count). The first-order valence-electron chi connectivity index (χ1n) is 5.60. The number of hydrogen-bond donors (Lipinski definition) is 2. The molecule has 0 bridgehead atoms. The second-order valence-corrected chi connectivity index (χ2v) is 4.82. The average molecular weight is 244 g/mol. The molecule has 5 nitrogen and oxygen atoms in total. The van der Waals surface area contributed by atoms with Crippen molar-refractivity contribution >= 4 is 11.8 Å². The predicted molar refractivity (Wildman–Crippen MR) is 66.9 cm³/mol. The minimum atomic E-state index is -0.149. The molecule has 1 heterocycles. The summed E-state index contributed by atoms with van der Waals surface area (Å²) in [4.78, 5) is 11.1. The highest BCUT2D eigenvalue weighted by atomic mass is 32.2. The lowest BCUT2D eigenvalue weighted by atomic mass is 10.1. The summed E-state index contributed by atoms with van der Waals surface area (Å²) in [6, 6.07) is 0.601. The number of hydrogen-bond acceptors (Lipinski definition) is 4. The van der Waals surface area contributed by atoms with Crippen molar-refractivity contribution in [3.8, 4) is 0 Å². The second-order valence-electron chi connectivity index (χ2n) is 3.75. The third-order valence-electron chi connectivity index (χ3n) is 2.67. The van der Waals surface area contributed by atoms with E-state index >= 15 is 0 Å². The minimum absolute atomic E-state index is 0.149. The van der Waals surface area contributed by atoms with Gasteiger partial charge in [-0.1, -0.05) is 18.7 Å². The molecule has 1 aromatic rings. The zero-order valence-electron chi connectivity index (χ0n) is 10.1. The highest BCUT2D eigenvalue weighted by Gasteiger charge is 2.06. The van der Waals surface area contributed by atoms with Crippen LogP contribution >= 0.6 is 11.8 Å². The van der Waals surface area contributed by atoms with E-state index in [0.717, 1.165) is 23.8 Å². The molecule has 6 heteroatoms. The Balaban J connectivity index is 2.26. The van der Waals surface area contributed by atoms with Crippen molar-refractivity contribution in [2.24, 2.45) is 7.05 Å². The number of thioether (sulfide) groups is 1. The van der Waals surface area contributed by atoms with E-state index in [1.165, 1.54) is 6.42 Å². The summed E-state index contributed by atoms with van der Waals surface area (Å²) in [5.41, 5.74) is -0.149. The van der Waals surface area contributed by atoms with E-state index in [2.05, 4.69) is 22.4 Å². The number of aromatic amines is 1. The Bertz CT molecular complexity index is 356. The molecule has 1 aromatic heterocycles. The van der Waals surface area contributed by atoms with Crippen molar-refractivity contribution in [2.45, 2.75) is 37.4 Å². The van der Waals surface area contributed by atoms with E-state index < -0.39 is 0 Å². The van der Waals surface area contributed by atoms with Crippen LogP contribution in [0.25, 0.3) is 0 Å². The standard InChI is InChI=1S/C10H20N4OS/c1-4-8(11-2)6-5-7-16-10-13-12-9(15)14(10)3/h8,11H,4-7H2,1-3H3,(H,12,15). The zero-order valence-corrected chi connectivity index (χ0v) is 10.9. The van der Waals surface area contributed by atoms with Crippen molar-refractivity contribution in [2.75, 3.05) is 12.8 Å². The first kappa shape index (κ1) is 13.3. The molecule has 1 atom stereocenters. The van der Waals surface area contributed by atoms with Gasteiger partial charge in [-0.05, 0) is 26.3 Å². The average Bonchev–Trinajstić information content (AvgIpc) is 2.61. The van der Waals surface area contributed by atoms with Crippen LogP contribution in [0.1, 0.15) is 26.2 Å². The first-order chi connectivity index (χ1) is 7.69. The Morgan fingerprint density at radius 2 is 2.38 bits per heavy atom. The van der Waals surface area contributed by atoms with Crippen LogP contribution in [0, 0.1) is 0 Å². The molecule has 0 radical (unpaired) electrons. The number of rotatable bonds is 7. The molecule has 0 aliphatic heterocycles. The van der Waals surface area contributed by atoms with Gasteiger partial charge in [-0.15, -0.1) is 5.10 Å². The van der Waals surface area contributed by atoms with Crippen LogP contribution in [0.5, 0.6) is 0 Å². The molecule has 0 amide bonds. The van der Waals surface area contributed by atoms with Gasteiger partial charge < -0.3 is 5.32 Å². The number of aromatic nitrogens is 3. The molecule has 0 aliphatic carbocycles. The molecule has 0 aliphatic rings. The van der Waals surface area contributed by atoms with Gasteiger partial charge in [0.15, 0.2) is 5.16 Å². The third kappa shape index (κ3) is 3.68. The van der Waals surface area contributed by atoms with Gasteiger partial charge in [0.05, 0.1) is 0 Å². The van der Waals surface area contributed by atoms with Crippen molar-refractivity contribution in [1.29, 1.82) is 0 Å². The van der Waals surface area contributed by atoms with E-state index in [1.54, 1.807) is 23.4 Å². The van der Waals surface area contributed by atoms with Gasteiger partial charge in [-0.25, -0.2) is 9.89 Å². The third-order valence-corrected chi connectivity index (χ3v) is 3.78. The van der Waals surface area contributed by atoms with Crippen molar-refractivity contribution in [3.05, 3.63) is 10.5 Å². The summed E-state index contributed by atoms with van der Waals surface area (Å²) < 4.78 is 1.54. The number of nitrogens with one attached hydrogen (secondary N) is 2. The summed E-state index contributed by atoms with van der Waals surface area (Å²) in [6.45, 7) is 2.19. The van der Waals surface area contributed by atoms with Crippen LogP contribution in [-0.4, -0.2) is 33.6 Å². The number of H-pyrrole nitrogens is 1. The van der Waals surface area contributed by atoms with Crippen LogP contribution in [-0.2, 0) is 7.05 Å². The SMILES string of the molecule is CCC(CCCSc1n[nH]c(=O)n1C)NC. The van der Waals surface area contributed by atoms with Crippen LogP contribution in [0.2, 0.25) is 0 Å². The van der Waals surface area contributed by atoms with Crippen molar-refractivity contribution in [1.82, 2.24) is 20.1 Å². The maximum atomic E-state index is 11.1. The van der Waals surface area contributed by atoms with Crippen LogP contribution in [0.3, 0.4) is 0 Å². The van der Waals surface area contributed by atoms with Crippen LogP contribution < -0.4 is 11.0 Å². The van der Waals surface area contributed by atoms with Gasteiger partial charge in [-0.3, -0.25) is 4.57 Å². The summed E-state index contributed by atoms with van der Waals surface area (Å²) in [6.07, 6.45) is 3.45. The largest absolute Gasteiger partial charge is 0.343 e. The first-order valence-corrected chi connectivity index (χ1v) is 6.59. The number of nitrogens with zero attached hydrogens (tertiary/aromatic N) is 2. The van der Waals surface area contributed by atoms with Gasteiger partial charge >= 0.3 is 5.69 Å². The van der Waals surface area contributed by atoms with Crippen LogP contribution in [0.4, 0.5) is 0 Å². The predicted octanol–water partition coefficient (Wildman–Crippen LogP) is 0.979. The fourth-order valence-electron chi connectivity index (χ4n) is 1.51. The normalized spacial score (nSPS) is 12.9. The quantitative estimate of drug-likeness (QED) is 0.554. The molecule has 16 heavy (non-hydrogen) atoms. The molecule has 0 saturated heterocycles. The van der Waals surface area contributed by atoms with Gasteiger partial charge in [0.1, 0.15) is 0 Å². The molecule has 92 valence electrons. The highest BCUT2D eigenvalue weighted by molar-refractivity contribution is 7.99. The van der Waals surface area contributed by atoms with E-state index in [4.69, 9.17) is 0 Å². The van der Waals surface area contributed by atoms with Crippen molar-refractivity contribution < 1.29 is 0 Å². The molecule has 2 N–H and O–H groups in total. The topological polar surface area (TPSA) is 62.7 Å². The van der Waals surface area contributed by atoms with Gasteiger partial charge in [0, 0.05) is 18.8 Å². The summed E-state index contributed by atoms with van der Waals surface area (Å²) in [5.74, 6) is 0.996. The van der Waals surface area contributed by atoms with Crippen LogP contribution in [0.15, 0.2) is 9.95 Å². The molecule has 0 spiro atoms. The van der Waals surface area contributed by atoms with E-state index in [-0.39, 0.29) is 5.69 Å². The monoisotopic (exact) mass is 244 g/mol. The van der Waals surface area contributed by atoms with Gasteiger partial charge in [-0.2, -0.15) is 0 Å². The van der Waals surface area contributed by atoms with Gasteiger partial charge in [0.2, 0.25) is 0 Å². The van der Waals surface area contributed by atoms with E-state index in [0.29, 0.717) is 6.04 Å². The molecular formula is C10H20N4OS. The minimum Gasteiger partial charge on any atom is -0.317 e. The lowest BCUT2D eigenvalue weighted by Crippen LogP contribution is -2.24. The maximum Gasteiger partial charge on any atom is 0.343 e. The van der Waals surface area contributed by atoms with Gasteiger partial charge in [0.25, 0.3) is 0 Å².